The molecule has 1 aromatic rings. The fraction of sp³-hybridized carbons (Fsp3) is 0.385. The number of para-hydroxylation sites is 1. The Morgan fingerprint density at radius 3 is 2.68 bits per heavy atom. The van der Waals surface area contributed by atoms with Crippen LogP contribution in [0.3, 0.4) is 0 Å². The van der Waals surface area contributed by atoms with E-state index in [4.69, 9.17) is 9.84 Å². The number of carboxylic acid groups (broad SMARTS) is 1. The average molecular weight is 266 g/mol. The first-order chi connectivity index (χ1) is 9.04. The van der Waals surface area contributed by atoms with Gasteiger partial charge in [0.2, 0.25) is 5.91 Å². The molecule has 1 aromatic carbocycles. The molecule has 0 aliphatic heterocycles. The topological polar surface area (TPSA) is 87.7 Å². The zero-order valence-electron chi connectivity index (χ0n) is 11.0. The maximum absolute atomic E-state index is 11.5. The molecule has 0 radical (unpaired) electrons. The van der Waals surface area contributed by atoms with E-state index in [-0.39, 0.29) is 12.5 Å². The van der Waals surface area contributed by atoms with Crippen molar-refractivity contribution in [2.75, 3.05) is 13.7 Å². The van der Waals surface area contributed by atoms with Crippen molar-refractivity contribution >= 4 is 11.9 Å². The highest BCUT2D eigenvalue weighted by atomic mass is 16.5. The minimum Gasteiger partial charge on any atom is -0.496 e. The van der Waals surface area contributed by atoms with Crippen LogP contribution in [0.15, 0.2) is 24.3 Å². The molecule has 6 heteroatoms. The average Bonchev–Trinajstić information content (AvgIpc) is 2.42. The SMILES string of the molecule is COc1ccccc1CNC(=O)CNC(C)C(=O)O. The Labute approximate surface area is 111 Å². The molecule has 19 heavy (non-hydrogen) atoms. The summed E-state index contributed by atoms with van der Waals surface area (Å²) >= 11 is 0. The highest BCUT2D eigenvalue weighted by Gasteiger charge is 2.11. The third-order valence-corrected chi connectivity index (χ3v) is 2.61. The van der Waals surface area contributed by atoms with Gasteiger partial charge in [0.05, 0.1) is 13.7 Å². The summed E-state index contributed by atoms with van der Waals surface area (Å²) in [5.41, 5.74) is 0.865. The second-order valence-electron chi connectivity index (χ2n) is 4.03. The van der Waals surface area contributed by atoms with Crippen LogP contribution in [0.5, 0.6) is 5.75 Å². The molecule has 0 spiro atoms. The molecule has 0 saturated carbocycles. The number of rotatable bonds is 7. The smallest absolute Gasteiger partial charge is 0.320 e. The van der Waals surface area contributed by atoms with E-state index in [0.29, 0.717) is 12.3 Å². The largest absolute Gasteiger partial charge is 0.496 e. The Morgan fingerprint density at radius 2 is 2.05 bits per heavy atom. The van der Waals surface area contributed by atoms with Gasteiger partial charge in [-0.2, -0.15) is 0 Å². The van der Waals surface area contributed by atoms with E-state index in [1.165, 1.54) is 6.92 Å². The van der Waals surface area contributed by atoms with Crippen LogP contribution in [0.25, 0.3) is 0 Å². The summed E-state index contributed by atoms with van der Waals surface area (Å²) in [4.78, 5) is 22.1. The van der Waals surface area contributed by atoms with Gasteiger partial charge in [0.15, 0.2) is 0 Å². The molecule has 0 aromatic heterocycles. The number of carboxylic acids is 1. The van der Waals surface area contributed by atoms with E-state index in [1.807, 2.05) is 24.3 Å². The summed E-state index contributed by atoms with van der Waals surface area (Å²) in [6.45, 7) is 1.78. The van der Waals surface area contributed by atoms with Gasteiger partial charge in [-0.05, 0) is 13.0 Å². The maximum Gasteiger partial charge on any atom is 0.320 e. The van der Waals surface area contributed by atoms with Gasteiger partial charge in [0.1, 0.15) is 11.8 Å². The summed E-state index contributed by atoms with van der Waals surface area (Å²) in [5.74, 6) is -0.550. The number of nitrogens with one attached hydrogen (secondary N) is 2. The molecule has 104 valence electrons. The number of benzene rings is 1. The Morgan fingerprint density at radius 1 is 1.37 bits per heavy atom. The second kappa shape index (κ2) is 7.38. The van der Waals surface area contributed by atoms with E-state index >= 15 is 0 Å². The van der Waals surface area contributed by atoms with Crippen molar-refractivity contribution in [2.24, 2.45) is 0 Å². The van der Waals surface area contributed by atoms with Crippen molar-refractivity contribution in [3.63, 3.8) is 0 Å². The van der Waals surface area contributed by atoms with Gasteiger partial charge in [-0.1, -0.05) is 18.2 Å². The molecule has 0 saturated heterocycles. The number of aliphatic carboxylic acids is 1. The zero-order valence-corrected chi connectivity index (χ0v) is 11.0. The molecule has 3 N–H and O–H groups in total. The number of methoxy groups -OCH3 is 1. The maximum atomic E-state index is 11.5. The highest BCUT2D eigenvalue weighted by Crippen LogP contribution is 2.16. The van der Waals surface area contributed by atoms with Crippen LogP contribution in [0.4, 0.5) is 0 Å². The Bertz CT molecular complexity index is 448. The minimum atomic E-state index is -0.988. The predicted molar refractivity (Wildman–Crippen MR) is 69.9 cm³/mol. The summed E-state index contributed by atoms with van der Waals surface area (Å²) in [7, 11) is 1.57. The molecule has 0 bridgehead atoms. The molecular formula is C13H18N2O4. The first-order valence-electron chi connectivity index (χ1n) is 5.89. The van der Waals surface area contributed by atoms with Gasteiger partial charge in [-0.25, -0.2) is 0 Å². The van der Waals surface area contributed by atoms with Gasteiger partial charge in [0, 0.05) is 12.1 Å². The number of carbonyl (C=O) groups is 2. The third-order valence-electron chi connectivity index (χ3n) is 2.61. The number of ether oxygens (including phenoxy) is 1. The summed E-state index contributed by atoms with van der Waals surface area (Å²) in [6, 6.07) is 6.62. The molecule has 0 aliphatic carbocycles. The lowest BCUT2D eigenvalue weighted by molar-refractivity contribution is -0.139. The van der Waals surface area contributed by atoms with Crippen LogP contribution in [0, 0.1) is 0 Å². The van der Waals surface area contributed by atoms with Crippen molar-refractivity contribution in [1.82, 2.24) is 10.6 Å². The summed E-state index contributed by atoms with van der Waals surface area (Å²) in [6.07, 6.45) is 0. The number of amides is 1. The van der Waals surface area contributed by atoms with Gasteiger partial charge in [-0.15, -0.1) is 0 Å². The van der Waals surface area contributed by atoms with Gasteiger partial charge < -0.3 is 15.2 Å². The fourth-order valence-corrected chi connectivity index (χ4v) is 1.44. The first-order valence-corrected chi connectivity index (χ1v) is 5.89. The van der Waals surface area contributed by atoms with E-state index in [2.05, 4.69) is 10.6 Å². The third kappa shape index (κ3) is 4.97. The van der Waals surface area contributed by atoms with E-state index < -0.39 is 12.0 Å². The van der Waals surface area contributed by atoms with E-state index in [9.17, 15) is 9.59 Å². The number of carbonyl (C=O) groups excluding carboxylic acids is 1. The van der Waals surface area contributed by atoms with Gasteiger partial charge in [-0.3, -0.25) is 14.9 Å². The van der Waals surface area contributed by atoms with Gasteiger partial charge in [0.25, 0.3) is 0 Å². The standard InChI is InChI=1S/C13H18N2O4/c1-9(13(17)18)14-8-12(16)15-7-10-5-3-4-6-11(10)19-2/h3-6,9,14H,7-8H2,1-2H3,(H,15,16)(H,17,18). The van der Waals surface area contributed by atoms with E-state index in [0.717, 1.165) is 5.56 Å². The molecule has 1 amide bonds. The van der Waals surface area contributed by atoms with Crippen LogP contribution in [0.1, 0.15) is 12.5 Å². The second-order valence-corrected chi connectivity index (χ2v) is 4.03. The predicted octanol–water partition coefficient (Wildman–Crippen LogP) is 0.374. The lowest BCUT2D eigenvalue weighted by Gasteiger charge is -2.11. The van der Waals surface area contributed by atoms with Crippen LogP contribution >= 0.6 is 0 Å². The molecule has 0 aliphatic rings. The molecule has 1 unspecified atom stereocenters. The molecule has 1 atom stereocenters. The number of hydrogen-bond donors (Lipinski definition) is 3. The normalized spacial score (nSPS) is 11.7. The summed E-state index contributed by atoms with van der Waals surface area (Å²) < 4.78 is 5.16. The Hall–Kier alpha value is -2.08. The van der Waals surface area contributed by atoms with Gasteiger partial charge >= 0.3 is 5.97 Å². The lowest BCUT2D eigenvalue weighted by Crippen LogP contribution is -2.41. The van der Waals surface area contributed by atoms with Crippen LogP contribution in [-0.4, -0.2) is 36.7 Å². The Kier molecular flexibility index (Phi) is 5.81. The van der Waals surface area contributed by atoms with Crippen molar-refractivity contribution in [3.05, 3.63) is 29.8 Å². The fourth-order valence-electron chi connectivity index (χ4n) is 1.44. The zero-order chi connectivity index (χ0) is 14.3. The van der Waals surface area contributed by atoms with Crippen LogP contribution in [0.2, 0.25) is 0 Å². The van der Waals surface area contributed by atoms with E-state index in [1.54, 1.807) is 7.11 Å². The number of hydrogen-bond acceptors (Lipinski definition) is 4. The molecule has 6 nitrogen and oxygen atoms in total. The van der Waals surface area contributed by atoms with Crippen molar-refractivity contribution in [1.29, 1.82) is 0 Å². The molecule has 0 fully saturated rings. The van der Waals surface area contributed by atoms with Crippen molar-refractivity contribution in [3.8, 4) is 5.75 Å². The van der Waals surface area contributed by atoms with Crippen LogP contribution < -0.4 is 15.4 Å². The van der Waals surface area contributed by atoms with Crippen molar-refractivity contribution < 1.29 is 19.4 Å². The monoisotopic (exact) mass is 266 g/mol. The summed E-state index contributed by atoms with van der Waals surface area (Å²) in [5, 5.41) is 14.0. The van der Waals surface area contributed by atoms with Crippen molar-refractivity contribution in [2.45, 2.75) is 19.5 Å². The first kappa shape index (κ1) is 15.0. The lowest BCUT2D eigenvalue weighted by atomic mass is 10.2. The Balaban J connectivity index is 2.40. The highest BCUT2D eigenvalue weighted by molar-refractivity contribution is 5.79. The quantitative estimate of drug-likeness (QED) is 0.664. The molecule has 1 rings (SSSR count). The molecule has 0 heterocycles. The molecular weight excluding hydrogens is 248 g/mol. The van der Waals surface area contributed by atoms with Crippen LogP contribution in [-0.2, 0) is 16.1 Å². The minimum absolute atomic E-state index is 0.0391.